The van der Waals surface area contributed by atoms with Crippen molar-refractivity contribution >= 4 is 10.9 Å². The Morgan fingerprint density at radius 2 is 1.06 bits per heavy atom. The van der Waals surface area contributed by atoms with E-state index in [0.29, 0.717) is 0 Å². The van der Waals surface area contributed by atoms with Gasteiger partial charge >= 0.3 is 0 Å². The third-order valence-corrected chi connectivity index (χ3v) is 6.75. The highest BCUT2D eigenvalue weighted by atomic mass is 32.2. The Balaban J connectivity index is 1.68. The van der Waals surface area contributed by atoms with Crippen LogP contribution in [0.15, 0.2) is 0 Å². The highest BCUT2D eigenvalue weighted by Gasteiger charge is 2.22. The van der Waals surface area contributed by atoms with Gasteiger partial charge in [0.25, 0.3) is 0 Å². The first-order chi connectivity index (χ1) is 8.93. The second kappa shape index (κ2) is 12.4. The van der Waals surface area contributed by atoms with Crippen molar-refractivity contribution < 1.29 is 0 Å². The average molecular weight is 272 g/mol. The number of hydrogen-bond acceptors (Lipinski definition) is 0. The molecule has 1 heteroatoms. The van der Waals surface area contributed by atoms with E-state index in [0.717, 1.165) is 10.9 Å². The van der Waals surface area contributed by atoms with E-state index in [-0.39, 0.29) is 0 Å². The van der Waals surface area contributed by atoms with Gasteiger partial charge in [-0.3, -0.25) is 0 Å². The van der Waals surface area contributed by atoms with Crippen LogP contribution < -0.4 is 0 Å². The summed E-state index contributed by atoms with van der Waals surface area (Å²) in [5, 5.41) is 0. The molecule has 0 saturated carbocycles. The Bertz CT molecular complexity index is 161. The van der Waals surface area contributed by atoms with E-state index in [1.54, 1.807) is 17.3 Å². The molecule has 0 aromatic rings. The summed E-state index contributed by atoms with van der Waals surface area (Å²) in [6.45, 7) is 2.30. The molecule has 0 nitrogen and oxygen atoms in total. The van der Waals surface area contributed by atoms with Crippen molar-refractivity contribution in [2.45, 2.75) is 90.4 Å². The molecule has 18 heavy (non-hydrogen) atoms. The first kappa shape index (κ1) is 16.4. The maximum Gasteiger partial charge on any atom is 0.108 e. The Labute approximate surface area is 119 Å². The van der Waals surface area contributed by atoms with Gasteiger partial charge in [-0.15, -0.1) is 0 Å². The van der Waals surface area contributed by atoms with E-state index >= 15 is 0 Å². The summed E-state index contributed by atoms with van der Waals surface area (Å²) in [6.07, 6.45) is 19.4. The Morgan fingerprint density at radius 1 is 0.611 bits per heavy atom. The normalized spacial score (nSPS) is 16.5. The molecule has 0 aromatic carbocycles. The molecule has 1 aliphatic heterocycles. The molecule has 0 N–H and O–H groups in total. The fourth-order valence-electron chi connectivity index (χ4n) is 2.89. The van der Waals surface area contributed by atoms with E-state index in [1.165, 1.54) is 83.5 Å². The Kier molecular flexibility index (Phi) is 11.3. The van der Waals surface area contributed by atoms with E-state index in [4.69, 9.17) is 0 Å². The van der Waals surface area contributed by atoms with Crippen LogP contribution >= 0.6 is 0 Å². The SMILES string of the molecule is CCCCCCCCCCCCC[S+]1CCCC1. The summed E-state index contributed by atoms with van der Waals surface area (Å²) in [5.41, 5.74) is 0. The molecule has 1 heterocycles. The van der Waals surface area contributed by atoms with Gasteiger partial charge in [-0.1, -0.05) is 64.7 Å². The quantitative estimate of drug-likeness (QED) is 0.315. The second-order valence-electron chi connectivity index (χ2n) is 5.97. The van der Waals surface area contributed by atoms with Crippen molar-refractivity contribution in [1.29, 1.82) is 0 Å². The lowest BCUT2D eigenvalue weighted by molar-refractivity contribution is 0.555. The first-order valence-electron chi connectivity index (χ1n) is 8.57. The summed E-state index contributed by atoms with van der Waals surface area (Å²) in [6, 6.07) is 0. The van der Waals surface area contributed by atoms with Crippen molar-refractivity contribution in [1.82, 2.24) is 0 Å². The van der Waals surface area contributed by atoms with Gasteiger partial charge in [-0.2, -0.15) is 0 Å². The van der Waals surface area contributed by atoms with Crippen LogP contribution in [0.5, 0.6) is 0 Å². The van der Waals surface area contributed by atoms with Crippen LogP contribution in [-0.2, 0) is 10.9 Å². The van der Waals surface area contributed by atoms with Gasteiger partial charge in [0.05, 0.1) is 0 Å². The minimum absolute atomic E-state index is 0.859. The zero-order valence-electron chi connectivity index (χ0n) is 12.7. The smallest absolute Gasteiger partial charge is 0.0654 e. The summed E-state index contributed by atoms with van der Waals surface area (Å²) < 4.78 is 0. The highest BCUT2D eigenvalue weighted by molar-refractivity contribution is 7.97. The third-order valence-electron chi connectivity index (χ3n) is 4.15. The average Bonchev–Trinajstić information content (AvgIpc) is 2.89. The molecule has 1 fully saturated rings. The number of unbranched alkanes of at least 4 members (excludes halogenated alkanes) is 10. The van der Waals surface area contributed by atoms with Gasteiger partial charge in [0, 0.05) is 0 Å². The van der Waals surface area contributed by atoms with Crippen LogP contribution in [0.25, 0.3) is 0 Å². The molecule has 1 rings (SSSR count). The standard InChI is InChI=1S/C17H35S/c1-2-3-4-5-6-7-8-9-10-11-12-15-18-16-13-14-17-18/h2-17H2,1H3/q+1. The minimum atomic E-state index is 0.859. The van der Waals surface area contributed by atoms with Gasteiger partial charge in [-0.25, -0.2) is 0 Å². The zero-order chi connectivity index (χ0) is 12.9. The lowest BCUT2D eigenvalue weighted by atomic mass is 10.1. The number of rotatable bonds is 12. The largest absolute Gasteiger partial charge is 0.108 e. The fraction of sp³-hybridized carbons (Fsp3) is 1.00. The Morgan fingerprint density at radius 3 is 1.56 bits per heavy atom. The molecule has 0 spiro atoms. The van der Waals surface area contributed by atoms with Crippen LogP contribution in [-0.4, -0.2) is 17.3 Å². The molecule has 0 atom stereocenters. The van der Waals surface area contributed by atoms with Gasteiger partial charge in [0.2, 0.25) is 0 Å². The maximum atomic E-state index is 2.30. The lowest BCUT2D eigenvalue weighted by Crippen LogP contribution is -2.08. The minimum Gasteiger partial charge on any atom is -0.0654 e. The van der Waals surface area contributed by atoms with Gasteiger partial charge in [0.1, 0.15) is 17.3 Å². The topological polar surface area (TPSA) is 0 Å². The molecule has 0 radical (unpaired) electrons. The molecule has 108 valence electrons. The first-order valence-corrected chi connectivity index (χ1v) is 10.3. The van der Waals surface area contributed by atoms with Crippen molar-refractivity contribution in [2.75, 3.05) is 17.3 Å². The van der Waals surface area contributed by atoms with Gasteiger partial charge < -0.3 is 0 Å². The maximum absolute atomic E-state index is 2.30. The van der Waals surface area contributed by atoms with Crippen molar-refractivity contribution in [3.8, 4) is 0 Å². The monoisotopic (exact) mass is 271 g/mol. The predicted octanol–water partition coefficient (Wildman–Crippen LogP) is 5.71. The second-order valence-corrected chi connectivity index (χ2v) is 8.42. The molecule has 0 aliphatic carbocycles. The van der Waals surface area contributed by atoms with E-state index < -0.39 is 0 Å². The zero-order valence-corrected chi connectivity index (χ0v) is 13.5. The molecular formula is C17H35S+. The number of hydrogen-bond donors (Lipinski definition) is 0. The molecule has 1 saturated heterocycles. The van der Waals surface area contributed by atoms with E-state index in [1.807, 2.05) is 0 Å². The van der Waals surface area contributed by atoms with Crippen LogP contribution in [0.2, 0.25) is 0 Å². The van der Waals surface area contributed by atoms with Crippen molar-refractivity contribution in [3.05, 3.63) is 0 Å². The summed E-state index contributed by atoms with van der Waals surface area (Å²) in [5.74, 6) is 4.70. The Hall–Kier alpha value is 0.350. The van der Waals surface area contributed by atoms with Crippen LogP contribution in [0.1, 0.15) is 90.4 Å². The van der Waals surface area contributed by atoms with Crippen molar-refractivity contribution in [2.24, 2.45) is 0 Å². The summed E-state index contributed by atoms with van der Waals surface area (Å²) in [7, 11) is 0.859. The van der Waals surface area contributed by atoms with E-state index in [2.05, 4.69) is 6.92 Å². The van der Waals surface area contributed by atoms with Crippen LogP contribution in [0.3, 0.4) is 0 Å². The van der Waals surface area contributed by atoms with Crippen molar-refractivity contribution in [3.63, 3.8) is 0 Å². The van der Waals surface area contributed by atoms with Gasteiger partial charge in [0.15, 0.2) is 0 Å². The highest BCUT2D eigenvalue weighted by Crippen LogP contribution is 2.16. The van der Waals surface area contributed by atoms with Crippen LogP contribution in [0, 0.1) is 0 Å². The third kappa shape index (κ3) is 9.30. The van der Waals surface area contributed by atoms with Crippen LogP contribution in [0.4, 0.5) is 0 Å². The molecule has 0 amide bonds. The predicted molar refractivity (Wildman–Crippen MR) is 87.7 cm³/mol. The molecule has 1 aliphatic rings. The summed E-state index contributed by atoms with van der Waals surface area (Å²) >= 11 is 0. The van der Waals surface area contributed by atoms with Gasteiger partial charge in [-0.05, 0) is 36.6 Å². The lowest BCUT2D eigenvalue weighted by Gasteiger charge is -2.03. The fourth-order valence-corrected chi connectivity index (χ4v) is 5.34. The molecule has 0 aromatic heterocycles. The summed E-state index contributed by atoms with van der Waals surface area (Å²) in [4.78, 5) is 0. The molecular weight excluding hydrogens is 236 g/mol. The van der Waals surface area contributed by atoms with E-state index in [9.17, 15) is 0 Å². The molecule has 0 bridgehead atoms. The molecule has 0 unspecified atom stereocenters.